The highest BCUT2D eigenvalue weighted by molar-refractivity contribution is 9.10. The number of hydrogen-bond acceptors (Lipinski definition) is 2. The third-order valence-electron chi connectivity index (χ3n) is 3.23. The fraction of sp³-hybridized carbons (Fsp3) is 0.125. The number of halogens is 2. The van der Waals surface area contributed by atoms with Crippen LogP contribution in [0.4, 0.5) is 0 Å². The van der Waals surface area contributed by atoms with E-state index in [9.17, 15) is 5.11 Å². The van der Waals surface area contributed by atoms with Gasteiger partial charge in [0, 0.05) is 15.8 Å². The third kappa shape index (κ3) is 3.07. The highest BCUT2D eigenvalue weighted by Gasteiger charge is 2.11. The SMILES string of the molecule is OC(Cc1ccc(Cl)s1)c1ccc2cc(Br)ccc2c1. The van der Waals surface area contributed by atoms with Crippen molar-refractivity contribution in [2.24, 2.45) is 0 Å². The first kappa shape index (κ1) is 14.1. The first-order valence-corrected chi connectivity index (χ1v) is 8.22. The smallest absolute Gasteiger partial charge is 0.0931 e. The van der Waals surface area contributed by atoms with Crippen molar-refractivity contribution in [2.45, 2.75) is 12.5 Å². The lowest BCUT2D eigenvalue weighted by Crippen LogP contribution is -2.00. The summed E-state index contributed by atoms with van der Waals surface area (Å²) < 4.78 is 1.82. The molecule has 0 spiro atoms. The van der Waals surface area contributed by atoms with Gasteiger partial charge in [-0.05, 0) is 46.7 Å². The average molecular weight is 368 g/mol. The number of rotatable bonds is 3. The van der Waals surface area contributed by atoms with Gasteiger partial charge in [-0.1, -0.05) is 45.7 Å². The lowest BCUT2D eigenvalue weighted by Gasteiger charge is -2.11. The van der Waals surface area contributed by atoms with E-state index in [1.165, 1.54) is 11.3 Å². The molecule has 1 aromatic heterocycles. The third-order valence-corrected chi connectivity index (χ3v) is 4.98. The van der Waals surface area contributed by atoms with Crippen molar-refractivity contribution < 1.29 is 5.11 Å². The lowest BCUT2D eigenvalue weighted by molar-refractivity contribution is 0.179. The fourth-order valence-corrected chi connectivity index (χ4v) is 3.72. The zero-order valence-electron chi connectivity index (χ0n) is 10.5. The maximum absolute atomic E-state index is 10.4. The Hall–Kier alpha value is -0.870. The molecule has 1 N–H and O–H groups in total. The standard InChI is InChI=1S/C16H12BrClOS/c17-13-4-3-10-7-12(2-1-11(10)8-13)15(19)9-14-5-6-16(18)20-14/h1-8,15,19H,9H2. The van der Waals surface area contributed by atoms with Crippen LogP contribution >= 0.6 is 38.9 Å². The van der Waals surface area contributed by atoms with Gasteiger partial charge in [0.15, 0.2) is 0 Å². The topological polar surface area (TPSA) is 20.2 Å². The minimum atomic E-state index is -0.502. The zero-order chi connectivity index (χ0) is 14.1. The molecule has 1 heterocycles. The van der Waals surface area contributed by atoms with Gasteiger partial charge in [-0.3, -0.25) is 0 Å². The Morgan fingerprint density at radius 3 is 2.55 bits per heavy atom. The first-order valence-electron chi connectivity index (χ1n) is 6.23. The molecule has 102 valence electrons. The molecule has 3 rings (SSSR count). The molecular weight excluding hydrogens is 356 g/mol. The van der Waals surface area contributed by atoms with E-state index in [0.29, 0.717) is 6.42 Å². The van der Waals surface area contributed by atoms with Crippen LogP contribution in [0.3, 0.4) is 0 Å². The van der Waals surface area contributed by atoms with Crippen molar-refractivity contribution in [3.63, 3.8) is 0 Å². The van der Waals surface area contributed by atoms with Gasteiger partial charge in [-0.15, -0.1) is 11.3 Å². The van der Waals surface area contributed by atoms with E-state index in [2.05, 4.69) is 28.1 Å². The second-order valence-corrected chi connectivity index (χ2v) is 7.39. The minimum Gasteiger partial charge on any atom is -0.388 e. The Morgan fingerprint density at radius 2 is 1.80 bits per heavy atom. The van der Waals surface area contributed by atoms with E-state index in [-0.39, 0.29) is 0 Å². The molecule has 4 heteroatoms. The molecule has 1 unspecified atom stereocenters. The van der Waals surface area contributed by atoms with Gasteiger partial charge >= 0.3 is 0 Å². The number of fused-ring (bicyclic) bond motifs is 1. The van der Waals surface area contributed by atoms with E-state index >= 15 is 0 Å². The van der Waals surface area contributed by atoms with Gasteiger partial charge in [0.1, 0.15) is 0 Å². The van der Waals surface area contributed by atoms with Crippen molar-refractivity contribution in [1.82, 2.24) is 0 Å². The summed E-state index contributed by atoms with van der Waals surface area (Å²) in [5, 5.41) is 12.6. The first-order chi connectivity index (χ1) is 9.61. The van der Waals surface area contributed by atoms with E-state index in [4.69, 9.17) is 11.6 Å². The quantitative estimate of drug-likeness (QED) is 0.639. The molecule has 0 aliphatic carbocycles. The normalized spacial score (nSPS) is 12.8. The van der Waals surface area contributed by atoms with Crippen molar-refractivity contribution in [1.29, 1.82) is 0 Å². The molecule has 0 saturated heterocycles. The van der Waals surface area contributed by atoms with Gasteiger partial charge in [-0.25, -0.2) is 0 Å². The maximum atomic E-state index is 10.4. The Bertz CT molecular complexity index is 753. The Labute approximate surface area is 135 Å². The van der Waals surface area contributed by atoms with Crippen LogP contribution in [0.15, 0.2) is 53.0 Å². The van der Waals surface area contributed by atoms with Crippen molar-refractivity contribution >= 4 is 49.6 Å². The summed E-state index contributed by atoms with van der Waals surface area (Å²) in [7, 11) is 0. The summed E-state index contributed by atoms with van der Waals surface area (Å²) in [4.78, 5) is 1.10. The summed E-state index contributed by atoms with van der Waals surface area (Å²) in [5.41, 5.74) is 0.935. The van der Waals surface area contributed by atoms with E-state index in [0.717, 1.165) is 30.0 Å². The minimum absolute atomic E-state index is 0.502. The summed E-state index contributed by atoms with van der Waals surface area (Å²) >= 11 is 10.9. The van der Waals surface area contributed by atoms with Gasteiger partial charge in [0.05, 0.1) is 10.4 Å². The van der Waals surface area contributed by atoms with Gasteiger partial charge < -0.3 is 5.11 Å². The van der Waals surface area contributed by atoms with Crippen LogP contribution in [0, 0.1) is 0 Å². The molecule has 20 heavy (non-hydrogen) atoms. The molecule has 0 saturated carbocycles. The fourth-order valence-electron chi connectivity index (χ4n) is 2.21. The van der Waals surface area contributed by atoms with Crippen molar-refractivity contribution in [3.05, 3.63) is 67.8 Å². The monoisotopic (exact) mass is 366 g/mol. The number of benzene rings is 2. The molecule has 0 aliphatic rings. The summed E-state index contributed by atoms with van der Waals surface area (Å²) in [6, 6.07) is 16.0. The zero-order valence-corrected chi connectivity index (χ0v) is 13.7. The van der Waals surface area contributed by atoms with E-state index in [1.54, 1.807) is 0 Å². The maximum Gasteiger partial charge on any atom is 0.0931 e. The number of hydrogen-bond donors (Lipinski definition) is 1. The molecule has 0 aliphatic heterocycles. The molecule has 1 atom stereocenters. The molecule has 0 bridgehead atoms. The summed E-state index contributed by atoms with van der Waals surface area (Å²) in [6.45, 7) is 0. The highest BCUT2D eigenvalue weighted by atomic mass is 79.9. The second-order valence-electron chi connectivity index (χ2n) is 4.68. The lowest BCUT2D eigenvalue weighted by atomic mass is 10.0. The van der Waals surface area contributed by atoms with Crippen LogP contribution in [0.25, 0.3) is 10.8 Å². The van der Waals surface area contributed by atoms with Crippen LogP contribution in [0.5, 0.6) is 0 Å². The van der Waals surface area contributed by atoms with Crippen LogP contribution < -0.4 is 0 Å². The van der Waals surface area contributed by atoms with Crippen LogP contribution in [0.1, 0.15) is 16.5 Å². The summed E-state index contributed by atoms with van der Waals surface area (Å²) in [5.74, 6) is 0. The predicted octanol–water partition coefficient (Wildman–Crippen LogP) is 5.59. The molecule has 3 aromatic rings. The highest BCUT2D eigenvalue weighted by Crippen LogP contribution is 2.28. The average Bonchev–Trinajstić information content (AvgIpc) is 2.83. The van der Waals surface area contributed by atoms with Crippen LogP contribution in [-0.4, -0.2) is 5.11 Å². The molecule has 1 nitrogen and oxygen atoms in total. The largest absolute Gasteiger partial charge is 0.388 e. The molecule has 0 radical (unpaired) electrons. The van der Waals surface area contributed by atoms with Crippen molar-refractivity contribution in [3.8, 4) is 0 Å². The Morgan fingerprint density at radius 1 is 1.05 bits per heavy atom. The van der Waals surface area contributed by atoms with Gasteiger partial charge in [-0.2, -0.15) is 0 Å². The van der Waals surface area contributed by atoms with E-state index < -0.39 is 6.10 Å². The number of thiophene rings is 1. The van der Waals surface area contributed by atoms with E-state index in [1.807, 2.05) is 36.4 Å². The molecular formula is C16H12BrClOS. The summed E-state index contributed by atoms with van der Waals surface area (Å²) in [6.07, 6.45) is 0.0946. The predicted molar refractivity (Wildman–Crippen MR) is 89.6 cm³/mol. The molecule has 0 amide bonds. The Balaban J connectivity index is 1.87. The van der Waals surface area contributed by atoms with Crippen LogP contribution in [0.2, 0.25) is 4.34 Å². The number of aliphatic hydroxyl groups is 1. The van der Waals surface area contributed by atoms with Gasteiger partial charge in [0.2, 0.25) is 0 Å². The Kier molecular flexibility index (Phi) is 4.13. The second kappa shape index (κ2) is 5.86. The number of aliphatic hydroxyl groups excluding tert-OH is 1. The van der Waals surface area contributed by atoms with Crippen LogP contribution in [-0.2, 0) is 6.42 Å². The van der Waals surface area contributed by atoms with Crippen molar-refractivity contribution in [2.75, 3.05) is 0 Å². The molecule has 0 fully saturated rings. The van der Waals surface area contributed by atoms with Gasteiger partial charge in [0.25, 0.3) is 0 Å². The molecule has 2 aromatic carbocycles.